The third-order valence-electron chi connectivity index (χ3n) is 2.58. The fraction of sp³-hybridized carbons (Fsp3) is 0.417. The highest BCUT2D eigenvalue weighted by atomic mass is 79.9. The lowest BCUT2D eigenvalue weighted by atomic mass is 10.4. The minimum atomic E-state index is -3.58. The number of esters is 1. The van der Waals surface area contributed by atoms with E-state index >= 15 is 0 Å². The summed E-state index contributed by atoms with van der Waals surface area (Å²) in [6, 6.07) is 6.48. The van der Waals surface area contributed by atoms with Crippen LogP contribution in [-0.2, 0) is 19.6 Å². The zero-order valence-electron chi connectivity index (χ0n) is 10.8. The molecule has 0 atom stereocenters. The van der Waals surface area contributed by atoms with Gasteiger partial charge in [0.2, 0.25) is 10.0 Å². The van der Waals surface area contributed by atoms with Gasteiger partial charge in [-0.2, -0.15) is 4.31 Å². The molecule has 0 aliphatic carbocycles. The van der Waals surface area contributed by atoms with Crippen molar-refractivity contribution in [3.05, 3.63) is 28.7 Å². The van der Waals surface area contributed by atoms with E-state index in [9.17, 15) is 13.2 Å². The first-order chi connectivity index (χ1) is 8.91. The first-order valence-corrected chi connectivity index (χ1v) is 7.97. The van der Waals surface area contributed by atoms with Gasteiger partial charge in [-0.1, -0.05) is 28.9 Å². The molecule has 1 aromatic carbocycles. The fourth-order valence-corrected chi connectivity index (χ4v) is 3.59. The number of nitrogens with zero attached hydrogens (tertiary/aromatic N) is 1. The van der Waals surface area contributed by atoms with Crippen LogP contribution < -0.4 is 0 Å². The lowest BCUT2D eigenvalue weighted by Gasteiger charge is -2.20. The van der Waals surface area contributed by atoms with Crippen LogP contribution in [0.3, 0.4) is 0 Å². The summed E-state index contributed by atoms with van der Waals surface area (Å²) < 4.78 is 31.2. The van der Waals surface area contributed by atoms with E-state index in [4.69, 9.17) is 0 Å². The number of ether oxygens (including phenoxy) is 1. The number of hydrogen-bond donors (Lipinski definition) is 0. The number of halogens is 1. The second-order valence-electron chi connectivity index (χ2n) is 3.78. The van der Waals surface area contributed by atoms with Gasteiger partial charge in [-0.25, -0.2) is 8.42 Å². The largest absolute Gasteiger partial charge is 0.469 e. The predicted molar refractivity (Wildman–Crippen MR) is 75.2 cm³/mol. The first-order valence-electron chi connectivity index (χ1n) is 5.74. The van der Waals surface area contributed by atoms with Crippen LogP contribution in [0.4, 0.5) is 0 Å². The van der Waals surface area contributed by atoms with E-state index in [2.05, 4.69) is 20.7 Å². The Morgan fingerprint density at radius 1 is 1.42 bits per heavy atom. The lowest BCUT2D eigenvalue weighted by Crippen LogP contribution is -2.33. The maximum absolute atomic E-state index is 12.4. The van der Waals surface area contributed by atoms with Gasteiger partial charge in [0.15, 0.2) is 0 Å². The monoisotopic (exact) mass is 349 g/mol. The molecular formula is C12H16BrNO4S. The van der Waals surface area contributed by atoms with Crippen molar-refractivity contribution < 1.29 is 17.9 Å². The van der Waals surface area contributed by atoms with Gasteiger partial charge in [-0.3, -0.25) is 4.79 Å². The van der Waals surface area contributed by atoms with E-state index in [1.54, 1.807) is 19.1 Å². The molecule has 1 aromatic rings. The van der Waals surface area contributed by atoms with Crippen LogP contribution in [0.2, 0.25) is 0 Å². The van der Waals surface area contributed by atoms with E-state index in [-0.39, 0.29) is 17.9 Å². The van der Waals surface area contributed by atoms with Gasteiger partial charge in [0, 0.05) is 17.6 Å². The molecular weight excluding hydrogens is 334 g/mol. The first kappa shape index (κ1) is 16.1. The van der Waals surface area contributed by atoms with Crippen LogP contribution in [0.15, 0.2) is 33.6 Å². The second kappa shape index (κ2) is 7.02. The van der Waals surface area contributed by atoms with Crippen molar-refractivity contribution in [2.45, 2.75) is 18.2 Å². The summed E-state index contributed by atoms with van der Waals surface area (Å²) in [5.74, 6) is -0.428. The molecule has 106 valence electrons. The zero-order chi connectivity index (χ0) is 14.5. The van der Waals surface area contributed by atoms with Crippen LogP contribution >= 0.6 is 15.9 Å². The number of carbonyl (C=O) groups excluding carboxylic acids is 1. The average molecular weight is 350 g/mol. The standard InChI is InChI=1S/C12H16BrNO4S/c1-3-14(8-7-12(15)18-2)19(16,17)11-6-4-5-10(13)9-11/h4-6,9H,3,7-8H2,1-2H3. The van der Waals surface area contributed by atoms with Crippen molar-refractivity contribution in [1.29, 1.82) is 0 Å². The quantitative estimate of drug-likeness (QED) is 0.737. The summed E-state index contributed by atoms with van der Waals surface area (Å²) in [7, 11) is -2.30. The maximum Gasteiger partial charge on any atom is 0.306 e. The summed E-state index contributed by atoms with van der Waals surface area (Å²) in [5.41, 5.74) is 0. The van der Waals surface area contributed by atoms with Gasteiger partial charge in [0.25, 0.3) is 0 Å². The van der Waals surface area contributed by atoms with Crippen molar-refractivity contribution in [2.75, 3.05) is 20.2 Å². The molecule has 0 heterocycles. The Morgan fingerprint density at radius 2 is 2.11 bits per heavy atom. The minimum absolute atomic E-state index is 0.0393. The van der Waals surface area contributed by atoms with Crippen LogP contribution in [0.25, 0.3) is 0 Å². The Labute approximate surface area is 121 Å². The summed E-state index contributed by atoms with van der Waals surface area (Å²) in [6.45, 7) is 2.14. The predicted octanol–water partition coefficient (Wildman–Crippen LogP) is 2.02. The average Bonchev–Trinajstić information content (AvgIpc) is 2.38. The van der Waals surface area contributed by atoms with Crippen molar-refractivity contribution in [3.63, 3.8) is 0 Å². The van der Waals surface area contributed by atoms with E-state index < -0.39 is 16.0 Å². The van der Waals surface area contributed by atoms with Gasteiger partial charge in [-0.05, 0) is 18.2 Å². The number of carbonyl (C=O) groups is 1. The Hall–Kier alpha value is -0.920. The third-order valence-corrected chi connectivity index (χ3v) is 5.04. The molecule has 0 radical (unpaired) electrons. The highest BCUT2D eigenvalue weighted by Gasteiger charge is 2.23. The summed E-state index contributed by atoms with van der Waals surface area (Å²) in [6.07, 6.45) is 0.0393. The Morgan fingerprint density at radius 3 is 2.63 bits per heavy atom. The van der Waals surface area contributed by atoms with E-state index in [1.807, 2.05) is 0 Å². The highest BCUT2D eigenvalue weighted by molar-refractivity contribution is 9.10. The number of benzene rings is 1. The molecule has 0 bridgehead atoms. The molecule has 0 saturated carbocycles. The Kier molecular flexibility index (Phi) is 5.96. The number of methoxy groups -OCH3 is 1. The maximum atomic E-state index is 12.4. The minimum Gasteiger partial charge on any atom is -0.469 e. The molecule has 0 N–H and O–H groups in total. The molecule has 0 fully saturated rings. The molecule has 0 aromatic heterocycles. The van der Waals surface area contributed by atoms with E-state index in [0.717, 1.165) is 0 Å². The van der Waals surface area contributed by atoms with Crippen LogP contribution in [0, 0.1) is 0 Å². The van der Waals surface area contributed by atoms with Gasteiger partial charge in [0.1, 0.15) is 0 Å². The molecule has 0 unspecified atom stereocenters. The Bertz CT molecular complexity index is 544. The third kappa shape index (κ3) is 4.29. The fourth-order valence-electron chi connectivity index (χ4n) is 1.54. The molecule has 0 aliphatic heterocycles. The molecule has 0 saturated heterocycles. The van der Waals surface area contributed by atoms with Gasteiger partial charge >= 0.3 is 5.97 Å². The molecule has 1 rings (SSSR count). The number of sulfonamides is 1. The topological polar surface area (TPSA) is 63.7 Å². The summed E-state index contributed by atoms with van der Waals surface area (Å²) in [4.78, 5) is 11.3. The zero-order valence-corrected chi connectivity index (χ0v) is 13.2. The van der Waals surface area contributed by atoms with E-state index in [0.29, 0.717) is 11.0 Å². The van der Waals surface area contributed by atoms with Crippen molar-refractivity contribution in [3.8, 4) is 0 Å². The van der Waals surface area contributed by atoms with Crippen molar-refractivity contribution >= 4 is 31.9 Å². The van der Waals surface area contributed by atoms with Crippen LogP contribution in [0.1, 0.15) is 13.3 Å². The van der Waals surface area contributed by atoms with Crippen molar-refractivity contribution in [1.82, 2.24) is 4.31 Å². The molecule has 0 aliphatic rings. The lowest BCUT2D eigenvalue weighted by molar-refractivity contribution is -0.140. The highest BCUT2D eigenvalue weighted by Crippen LogP contribution is 2.20. The van der Waals surface area contributed by atoms with Gasteiger partial charge in [0.05, 0.1) is 18.4 Å². The van der Waals surface area contributed by atoms with E-state index in [1.165, 1.54) is 23.5 Å². The normalized spacial score (nSPS) is 11.6. The molecule has 0 amide bonds. The smallest absolute Gasteiger partial charge is 0.306 e. The Balaban J connectivity index is 2.93. The van der Waals surface area contributed by atoms with Gasteiger partial charge < -0.3 is 4.74 Å². The molecule has 19 heavy (non-hydrogen) atoms. The summed E-state index contributed by atoms with van der Waals surface area (Å²) in [5, 5.41) is 0. The van der Waals surface area contributed by atoms with Crippen molar-refractivity contribution in [2.24, 2.45) is 0 Å². The van der Waals surface area contributed by atoms with Crippen LogP contribution in [-0.4, -0.2) is 38.9 Å². The number of hydrogen-bond acceptors (Lipinski definition) is 4. The van der Waals surface area contributed by atoms with Crippen LogP contribution in [0.5, 0.6) is 0 Å². The number of rotatable bonds is 6. The molecule has 7 heteroatoms. The second-order valence-corrected chi connectivity index (χ2v) is 6.63. The molecule has 0 spiro atoms. The molecule has 5 nitrogen and oxygen atoms in total. The SMILES string of the molecule is CCN(CCC(=O)OC)S(=O)(=O)c1cccc(Br)c1. The van der Waals surface area contributed by atoms with Gasteiger partial charge in [-0.15, -0.1) is 0 Å². The summed E-state index contributed by atoms with van der Waals surface area (Å²) >= 11 is 3.24.